The standard InChI is InChI=1S/C20H21N3O2S/c1-13(24)23(5)19-22-17(12-26-19)10-15(11-21)18(25)14-6-8-16(9-7-14)20(2,3)4/h6-10,12H,1-5H3/b15-10-. The topological polar surface area (TPSA) is 74.1 Å². The number of Topliss-reactive ketones (excluding diaryl/α,β-unsaturated/α-hetero) is 1. The van der Waals surface area contributed by atoms with Gasteiger partial charge in [0.15, 0.2) is 5.13 Å². The largest absolute Gasteiger partial charge is 0.291 e. The molecule has 0 saturated carbocycles. The number of anilines is 1. The second-order valence-electron chi connectivity index (χ2n) is 6.96. The molecule has 134 valence electrons. The fourth-order valence-corrected chi connectivity index (χ4v) is 3.00. The first kappa shape index (κ1) is 19.5. The Kier molecular flexibility index (Phi) is 5.73. The van der Waals surface area contributed by atoms with E-state index < -0.39 is 0 Å². The maximum absolute atomic E-state index is 12.6. The molecule has 1 amide bonds. The lowest BCUT2D eigenvalue weighted by molar-refractivity contribution is -0.116. The van der Waals surface area contributed by atoms with Crippen molar-refractivity contribution in [1.29, 1.82) is 5.26 Å². The van der Waals surface area contributed by atoms with Crippen LogP contribution in [0.3, 0.4) is 0 Å². The molecule has 0 unspecified atom stereocenters. The minimum atomic E-state index is -0.345. The van der Waals surface area contributed by atoms with Crippen LogP contribution in [0.2, 0.25) is 0 Å². The van der Waals surface area contributed by atoms with Gasteiger partial charge in [-0.1, -0.05) is 45.0 Å². The van der Waals surface area contributed by atoms with Crippen molar-refractivity contribution < 1.29 is 9.59 Å². The Morgan fingerprint density at radius 1 is 1.23 bits per heavy atom. The van der Waals surface area contributed by atoms with E-state index in [0.29, 0.717) is 16.4 Å². The summed E-state index contributed by atoms with van der Waals surface area (Å²) in [6.45, 7) is 7.75. The van der Waals surface area contributed by atoms with E-state index in [1.165, 1.54) is 29.2 Å². The predicted octanol–water partition coefficient (Wildman–Crippen LogP) is 4.21. The molecular formula is C20H21N3O2S. The zero-order chi connectivity index (χ0) is 19.5. The molecule has 2 aromatic rings. The molecule has 0 spiro atoms. The van der Waals surface area contributed by atoms with Crippen LogP contribution in [-0.2, 0) is 10.2 Å². The highest BCUT2D eigenvalue weighted by atomic mass is 32.1. The van der Waals surface area contributed by atoms with Crippen molar-refractivity contribution in [2.75, 3.05) is 11.9 Å². The lowest BCUT2D eigenvalue weighted by Gasteiger charge is -2.18. The van der Waals surface area contributed by atoms with Crippen LogP contribution in [0.4, 0.5) is 5.13 Å². The minimum Gasteiger partial charge on any atom is -0.291 e. The van der Waals surface area contributed by atoms with Gasteiger partial charge in [0.05, 0.1) is 5.69 Å². The van der Waals surface area contributed by atoms with Crippen LogP contribution < -0.4 is 4.90 Å². The first-order valence-corrected chi connectivity index (χ1v) is 8.98. The van der Waals surface area contributed by atoms with E-state index in [1.807, 2.05) is 18.2 Å². The van der Waals surface area contributed by atoms with Gasteiger partial charge < -0.3 is 0 Å². The third kappa shape index (κ3) is 4.44. The Morgan fingerprint density at radius 3 is 2.35 bits per heavy atom. The lowest BCUT2D eigenvalue weighted by atomic mass is 9.86. The third-order valence-electron chi connectivity index (χ3n) is 3.94. The van der Waals surface area contributed by atoms with E-state index in [0.717, 1.165) is 5.56 Å². The molecule has 0 atom stereocenters. The number of hydrogen-bond donors (Lipinski definition) is 0. The lowest BCUT2D eigenvalue weighted by Crippen LogP contribution is -2.22. The smallest absolute Gasteiger partial charge is 0.225 e. The number of amides is 1. The van der Waals surface area contributed by atoms with Gasteiger partial charge in [0.1, 0.15) is 11.6 Å². The second kappa shape index (κ2) is 7.63. The number of carbonyl (C=O) groups is 2. The summed E-state index contributed by atoms with van der Waals surface area (Å²) in [5.41, 5.74) is 2.06. The molecule has 0 aliphatic carbocycles. The molecule has 0 N–H and O–H groups in total. The molecule has 1 aromatic carbocycles. The van der Waals surface area contributed by atoms with E-state index in [4.69, 9.17) is 0 Å². The fourth-order valence-electron chi connectivity index (χ4n) is 2.20. The molecule has 0 fully saturated rings. The monoisotopic (exact) mass is 367 g/mol. The van der Waals surface area contributed by atoms with Crippen LogP contribution in [0, 0.1) is 11.3 Å². The normalized spacial score (nSPS) is 11.8. The summed E-state index contributed by atoms with van der Waals surface area (Å²) in [5, 5.41) is 11.6. The Balaban J connectivity index is 2.28. The predicted molar refractivity (Wildman–Crippen MR) is 104 cm³/mol. The molecule has 0 aliphatic rings. The van der Waals surface area contributed by atoms with Crippen LogP contribution in [0.5, 0.6) is 0 Å². The first-order valence-electron chi connectivity index (χ1n) is 8.10. The van der Waals surface area contributed by atoms with Crippen LogP contribution in [-0.4, -0.2) is 23.7 Å². The summed E-state index contributed by atoms with van der Waals surface area (Å²) >= 11 is 1.28. The summed E-state index contributed by atoms with van der Waals surface area (Å²) in [6.07, 6.45) is 1.45. The maximum atomic E-state index is 12.6. The van der Waals surface area contributed by atoms with Gasteiger partial charge in [0.25, 0.3) is 0 Å². The Hall–Kier alpha value is -2.78. The van der Waals surface area contributed by atoms with Gasteiger partial charge in [0, 0.05) is 24.9 Å². The van der Waals surface area contributed by atoms with Crippen LogP contribution >= 0.6 is 11.3 Å². The Bertz CT molecular complexity index is 896. The van der Waals surface area contributed by atoms with E-state index in [-0.39, 0.29) is 22.7 Å². The van der Waals surface area contributed by atoms with Crippen molar-refractivity contribution in [3.8, 4) is 6.07 Å². The number of nitriles is 1. The molecule has 1 heterocycles. The number of allylic oxidation sites excluding steroid dienone is 1. The number of rotatable bonds is 4. The number of benzene rings is 1. The van der Waals surface area contributed by atoms with Crippen molar-refractivity contribution >= 4 is 34.2 Å². The van der Waals surface area contributed by atoms with Crippen molar-refractivity contribution in [2.24, 2.45) is 0 Å². The quantitative estimate of drug-likeness (QED) is 0.461. The summed E-state index contributed by atoms with van der Waals surface area (Å²) < 4.78 is 0. The maximum Gasteiger partial charge on any atom is 0.225 e. The molecule has 2 rings (SSSR count). The molecule has 26 heavy (non-hydrogen) atoms. The van der Waals surface area contributed by atoms with Crippen LogP contribution in [0.25, 0.3) is 6.08 Å². The number of nitrogens with zero attached hydrogens (tertiary/aromatic N) is 3. The number of thiazole rings is 1. The van der Waals surface area contributed by atoms with Crippen molar-refractivity contribution in [2.45, 2.75) is 33.1 Å². The van der Waals surface area contributed by atoms with E-state index in [9.17, 15) is 14.9 Å². The van der Waals surface area contributed by atoms with Gasteiger partial charge in [-0.2, -0.15) is 5.26 Å². The molecule has 6 heteroatoms. The van der Waals surface area contributed by atoms with Crippen LogP contribution in [0.15, 0.2) is 35.2 Å². The Morgan fingerprint density at radius 2 is 1.85 bits per heavy atom. The van der Waals surface area contributed by atoms with Gasteiger partial charge in [-0.25, -0.2) is 4.98 Å². The second-order valence-corrected chi connectivity index (χ2v) is 7.80. The summed E-state index contributed by atoms with van der Waals surface area (Å²) in [5.74, 6) is -0.479. The number of hydrogen-bond acceptors (Lipinski definition) is 5. The molecular weight excluding hydrogens is 346 g/mol. The molecule has 0 aliphatic heterocycles. The van der Waals surface area contributed by atoms with Gasteiger partial charge in [-0.15, -0.1) is 11.3 Å². The van der Waals surface area contributed by atoms with Gasteiger partial charge in [0.2, 0.25) is 11.7 Å². The van der Waals surface area contributed by atoms with Crippen LogP contribution in [0.1, 0.15) is 49.3 Å². The SMILES string of the molecule is CC(=O)N(C)c1nc(/C=C(/C#N)C(=O)c2ccc(C(C)(C)C)cc2)cs1. The molecule has 5 nitrogen and oxygen atoms in total. The van der Waals surface area contributed by atoms with Gasteiger partial charge in [-0.05, 0) is 17.1 Å². The molecule has 0 saturated heterocycles. The Labute approximate surface area is 157 Å². The summed E-state index contributed by atoms with van der Waals surface area (Å²) in [7, 11) is 1.63. The zero-order valence-electron chi connectivity index (χ0n) is 15.5. The average Bonchev–Trinajstić information content (AvgIpc) is 3.06. The van der Waals surface area contributed by atoms with Crippen molar-refractivity contribution in [3.63, 3.8) is 0 Å². The first-order chi connectivity index (χ1) is 12.1. The van der Waals surface area contributed by atoms with Crippen molar-refractivity contribution in [1.82, 2.24) is 4.98 Å². The average molecular weight is 367 g/mol. The summed E-state index contributed by atoms with van der Waals surface area (Å²) in [6, 6.07) is 9.25. The highest BCUT2D eigenvalue weighted by Gasteiger charge is 2.17. The fraction of sp³-hybridized carbons (Fsp3) is 0.300. The summed E-state index contributed by atoms with van der Waals surface area (Å²) in [4.78, 5) is 29.7. The number of ketones is 1. The van der Waals surface area contributed by atoms with Gasteiger partial charge >= 0.3 is 0 Å². The number of carbonyl (C=O) groups excluding carboxylic acids is 2. The molecule has 0 bridgehead atoms. The third-order valence-corrected chi connectivity index (χ3v) is 4.87. The van der Waals surface area contributed by atoms with E-state index >= 15 is 0 Å². The molecule has 1 aromatic heterocycles. The van der Waals surface area contributed by atoms with E-state index in [1.54, 1.807) is 24.6 Å². The highest BCUT2D eigenvalue weighted by molar-refractivity contribution is 7.14. The van der Waals surface area contributed by atoms with Crippen molar-refractivity contribution in [3.05, 3.63) is 52.0 Å². The number of aromatic nitrogens is 1. The zero-order valence-corrected chi connectivity index (χ0v) is 16.3. The van der Waals surface area contributed by atoms with Gasteiger partial charge in [-0.3, -0.25) is 14.5 Å². The minimum absolute atomic E-state index is 0.00475. The molecule has 0 radical (unpaired) electrons. The highest BCUT2D eigenvalue weighted by Crippen LogP contribution is 2.24. The van der Waals surface area contributed by atoms with E-state index in [2.05, 4.69) is 25.8 Å².